The number of hydrogen-bond acceptors (Lipinski definition) is 4. The SMILES string of the molecule is CCC[C@@]12CCCN1C(=O)N(C1CCN(C(=O)OCC)CC1)C2=O. The van der Waals surface area contributed by atoms with Crippen LogP contribution in [0.4, 0.5) is 9.59 Å². The van der Waals surface area contributed by atoms with E-state index in [9.17, 15) is 14.4 Å². The van der Waals surface area contributed by atoms with Gasteiger partial charge in [0.2, 0.25) is 0 Å². The Balaban J connectivity index is 1.69. The lowest BCUT2D eigenvalue weighted by molar-refractivity contribution is -0.134. The molecule has 7 nitrogen and oxygen atoms in total. The summed E-state index contributed by atoms with van der Waals surface area (Å²) in [4.78, 5) is 42.7. The summed E-state index contributed by atoms with van der Waals surface area (Å²) in [5, 5.41) is 0. The number of amides is 4. The van der Waals surface area contributed by atoms with Gasteiger partial charge in [-0.1, -0.05) is 13.3 Å². The highest BCUT2D eigenvalue weighted by Crippen LogP contribution is 2.42. The number of likely N-dealkylation sites (tertiary alicyclic amines) is 1. The second-order valence-electron chi connectivity index (χ2n) is 6.91. The van der Waals surface area contributed by atoms with Crippen LogP contribution in [0.3, 0.4) is 0 Å². The van der Waals surface area contributed by atoms with Gasteiger partial charge in [-0.3, -0.25) is 9.69 Å². The van der Waals surface area contributed by atoms with Crippen molar-refractivity contribution in [3.05, 3.63) is 0 Å². The predicted octanol–water partition coefficient (Wildman–Crippen LogP) is 2.20. The highest BCUT2D eigenvalue weighted by Gasteiger charge is 2.60. The van der Waals surface area contributed by atoms with Gasteiger partial charge in [-0.2, -0.15) is 0 Å². The second-order valence-corrected chi connectivity index (χ2v) is 6.91. The quantitative estimate of drug-likeness (QED) is 0.738. The molecule has 0 aliphatic carbocycles. The molecule has 3 fully saturated rings. The van der Waals surface area contributed by atoms with E-state index in [2.05, 4.69) is 6.92 Å². The van der Waals surface area contributed by atoms with Crippen molar-refractivity contribution in [3.63, 3.8) is 0 Å². The Kier molecular flexibility index (Phi) is 4.69. The van der Waals surface area contributed by atoms with Crippen molar-refractivity contribution in [3.8, 4) is 0 Å². The van der Waals surface area contributed by atoms with Gasteiger partial charge < -0.3 is 14.5 Å². The summed E-state index contributed by atoms with van der Waals surface area (Å²) in [5.74, 6) is -0.0126. The standard InChI is InChI=1S/C17H27N3O4/c1-3-8-17-9-5-10-19(17)15(22)20(14(17)21)13-6-11-18(12-7-13)16(23)24-4-2/h13H,3-12H2,1-2H3/t17-/m0/s1. The van der Waals surface area contributed by atoms with E-state index in [0.29, 0.717) is 39.1 Å². The highest BCUT2D eigenvalue weighted by molar-refractivity contribution is 6.07. The van der Waals surface area contributed by atoms with Gasteiger partial charge >= 0.3 is 12.1 Å². The topological polar surface area (TPSA) is 70.2 Å². The first kappa shape index (κ1) is 17.0. The molecule has 0 aromatic carbocycles. The summed E-state index contributed by atoms with van der Waals surface area (Å²) in [6, 6.07) is -0.226. The largest absolute Gasteiger partial charge is 0.450 e. The lowest BCUT2D eigenvalue weighted by Gasteiger charge is -2.35. The number of rotatable bonds is 4. The van der Waals surface area contributed by atoms with Gasteiger partial charge in [0.25, 0.3) is 5.91 Å². The van der Waals surface area contributed by atoms with Crippen molar-refractivity contribution in [1.29, 1.82) is 0 Å². The summed E-state index contributed by atoms with van der Waals surface area (Å²) >= 11 is 0. The van der Waals surface area contributed by atoms with Crippen LogP contribution < -0.4 is 0 Å². The maximum atomic E-state index is 13.1. The molecule has 134 valence electrons. The Morgan fingerprint density at radius 2 is 1.92 bits per heavy atom. The van der Waals surface area contributed by atoms with E-state index in [-0.39, 0.29) is 24.1 Å². The normalized spacial score (nSPS) is 27.8. The lowest BCUT2D eigenvalue weighted by atomic mass is 9.90. The van der Waals surface area contributed by atoms with Gasteiger partial charge in [0.1, 0.15) is 5.54 Å². The Hall–Kier alpha value is -1.79. The molecule has 3 rings (SSSR count). The third kappa shape index (κ3) is 2.54. The fraction of sp³-hybridized carbons (Fsp3) is 0.824. The van der Waals surface area contributed by atoms with E-state index in [0.717, 1.165) is 25.7 Å². The van der Waals surface area contributed by atoms with Gasteiger partial charge in [0.05, 0.1) is 6.61 Å². The molecule has 0 aromatic rings. The Bertz CT molecular complexity index is 530. The van der Waals surface area contributed by atoms with Crippen LogP contribution in [0.2, 0.25) is 0 Å². The molecule has 3 saturated heterocycles. The number of imide groups is 1. The van der Waals surface area contributed by atoms with Gasteiger partial charge in [0.15, 0.2) is 0 Å². The average molecular weight is 337 g/mol. The minimum absolute atomic E-state index is 0.0126. The lowest BCUT2D eigenvalue weighted by Crippen LogP contribution is -2.50. The van der Waals surface area contributed by atoms with Crippen molar-refractivity contribution in [2.45, 2.75) is 64.0 Å². The maximum Gasteiger partial charge on any atom is 0.409 e. The monoisotopic (exact) mass is 337 g/mol. The number of carbonyl (C=O) groups excluding carboxylic acids is 3. The minimum Gasteiger partial charge on any atom is -0.450 e. The molecule has 24 heavy (non-hydrogen) atoms. The number of piperidine rings is 1. The molecule has 0 radical (unpaired) electrons. The zero-order valence-corrected chi connectivity index (χ0v) is 14.6. The van der Waals surface area contributed by atoms with Gasteiger partial charge in [-0.25, -0.2) is 9.59 Å². The first-order chi connectivity index (χ1) is 11.5. The van der Waals surface area contributed by atoms with Crippen LogP contribution in [0, 0.1) is 0 Å². The van der Waals surface area contributed by atoms with Crippen LogP contribution >= 0.6 is 0 Å². The Morgan fingerprint density at radius 1 is 1.21 bits per heavy atom. The molecule has 4 amide bonds. The van der Waals surface area contributed by atoms with Gasteiger partial charge in [0, 0.05) is 25.7 Å². The fourth-order valence-electron chi connectivity index (χ4n) is 4.44. The van der Waals surface area contributed by atoms with E-state index in [1.807, 2.05) is 0 Å². The van der Waals surface area contributed by atoms with E-state index < -0.39 is 5.54 Å². The van der Waals surface area contributed by atoms with Crippen LogP contribution in [0.25, 0.3) is 0 Å². The minimum atomic E-state index is -0.593. The molecule has 0 spiro atoms. The van der Waals surface area contributed by atoms with Crippen LogP contribution in [0.1, 0.15) is 52.4 Å². The Morgan fingerprint density at radius 3 is 2.54 bits per heavy atom. The van der Waals surface area contributed by atoms with E-state index >= 15 is 0 Å². The first-order valence-electron chi connectivity index (χ1n) is 9.12. The number of nitrogens with zero attached hydrogens (tertiary/aromatic N) is 3. The zero-order valence-electron chi connectivity index (χ0n) is 14.6. The fourth-order valence-corrected chi connectivity index (χ4v) is 4.44. The van der Waals surface area contributed by atoms with Crippen molar-refractivity contribution in [1.82, 2.24) is 14.7 Å². The summed E-state index contributed by atoms with van der Waals surface area (Å²) in [6.07, 6.45) is 4.29. The van der Waals surface area contributed by atoms with Crippen molar-refractivity contribution >= 4 is 18.0 Å². The van der Waals surface area contributed by atoms with E-state index in [1.165, 1.54) is 4.90 Å². The third-order valence-corrected chi connectivity index (χ3v) is 5.56. The van der Waals surface area contributed by atoms with Gasteiger partial charge in [-0.05, 0) is 39.0 Å². The highest BCUT2D eigenvalue weighted by atomic mass is 16.6. The number of carbonyl (C=O) groups is 3. The summed E-state index contributed by atoms with van der Waals surface area (Å²) < 4.78 is 5.02. The maximum absolute atomic E-state index is 13.1. The number of ether oxygens (including phenoxy) is 1. The van der Waals surface area contributed by atoms with E-state index in [4.69, 9.17) is 4.74 Å². The molecule has 0 bridgehead atoms. The zero-order chi connectivity index (χ0) is 17.3. The number of fused-ring (bicyclic) bond motifs is 1. The summed E-state index contributed by atoms with van der Waals surface area (Å²) in [5.41, 5.74) is -0.593. The number of hydrogen-bond donors (Lipinski definition) is 0. The second kappa shape index (κ2) is 6.61. The molecule has 0 saturated carbocycles. The number of urea groups is 1. The first-order valence-corrected chi connectivity index (χ1v) is 9.12. The Labute approximate surface area is 142 Å². The molecule has 0 aromatic heterocycles. The molecule has 0 unspecified atom stereocenters. The van der Waals surface area contributed by atoms with E-state index in [1.54, 1.807) is 16.7 Å². The summed E-state index contributed by atoms with van der Waals surface area (Å²) in [7, 11) is 0. The third-order valence-electron chi connectivity index (χ3n) is 5.56. The molecule has 3 aliphatic rings. The molecule has 0 N–H and O–H groups in total. The molecule has 7 heteroatoms. The van der Waals surface area contributed by atoms with Crippen molar-refractivity contribution < 1.29 is 19.1 Å². The van der Waals surface area contributed by atoms with Gasteiger partial charge in [-0.15, -0.1) is 0 Å². The predicted molar refractivity (Wildman–Crippen MR) is 87.4 cm³/mol. The molecule has 1 atom stereocenters. The molecule has 3 aliphatic heterocycles. The molecular weight excluding hydrogens is 310 g/mol. The summed E-state index contributed by atoms with van der Waals surface area (Å²) in [6.45, 7) is 5.94. The molecule has 3 heterocycles. The van der Waals surface area contributed by atoms with Crippen LogP contribution in [0.5, 0.6) is 0 Å². The van der Waals surface area contributed by atoms with Crippen LogP contribution in [0.15, 0.2) is 0 Å². The smallest absolute Gasteiger partial charge is 0.409 e. The van der Waals surface area contributed by atoms with Crippen LogP contribution in [-0.2, 0) is 9.53 Å². The van der Waals surface area contributed by atoms with Crippen molar-refractivity contribution in [2.75, 3.05) is 26.2 Å². The average Bonchev–Trinajstić information content (AvgIpc) is 3.08. The van der Waals surface area contributed by atoms with Crippen molar-refractivity contribution in [2.24, 2.45) is 0 Å². The van der Waals surface area contributed by atoms with Crippen LogP contribution in [-0.4, -0.2) is 70.6 Å². The molecular formula is C17H27N3O4.